The maximum Gasteiger partial charge on any atom is 0.186 e. The number of thiazole rings is 1. The number of anilines is 1. The Morgan fingerprint density at radius 3 is 2.60 bits per heavy atom. The second kappa shape index (κ2) is 5.94. The number of nitrogens with zero attached hydrogens (tertiary/aromatic N) is 2. The van der Waals surface area contributed by atoms with Gasteiger partial charge in [0, 0.05) is 25.0 Å². The fourth-order valence-corrected chi connectivity index (χ4v) is 3.31. The van der Waals surface area contributed by atoms with Crippen molar-refractivity contribution in [3.63, 3.8) is 0 Å². The molecule has 20 heavy (non-hydrogen) atoms. The molecule has 1 aliphatic heterocycles. The quantitative estimate of drug-likeness (QED) is 0.913. The third-order valence-corrected chi connectivity index (χ3v) is 4.46. The van der Waals surface area contributed by atoms with Gasteiger partial charge in [-0.1, -0.05) is 38.1 Å². The SMILES string of the molecule is CC(C)CNCc1csc(N2Cc3ccccc3C2)n1. The molecule has 4 heteroatoms. The fraction of sp³-hybridized carbons (Fsp3) is 0.438. The first-order valence-corrected chi connectivity index (χ1v) is 8.07. The molecule has 0 amide bonds. The highest BCUT2D eigenvalue weighted by Crippen LogP contribution is 2.30. The molecule has 106 valence electrons. The molecule has 1 aromatic carbocycles. The molecule has 2 heterocycles. The Morgan fingerprint density at radius 2 is 1.95 bits per heavy atom. The number of aromatic nitrogens is 1. The summed E-state index contributed by atoms with van der Waals surface area (Å²) in [6.45, 7) is 8.34. The molecule has 0 radical (unpaired) electrons. The van der Waals surface area contributed by atoms with E-state index in [0.29, 0.717) is 5.92 Å². The van der Waals surface area contributed by atoms with Crippen LogP contribution in [0.4, 0.5) is 5.13 Å². The van der Waals surface area contributed by atoms with Crippen molar-refractivity contribution in [1.29, 1.82) is 0 Å². The van der Waals surface area contributed by atoms with Gasteiger partial charge in [0.05, 0.1) is 5.69 Å². The Labute approximate surface area is 124 Å². The lowest BCUT2D eigenvalue weighted by atomic mass is 10.1. The molecule has 3 nitrogen and oxygen atoms in total. The van der Waals surface area contributed by atoms with Crippen LogP contribution in [-0.4, -0.2) is 11.5 Å². The largest absolute Gasteiger partial charge is 0.339 e. The van der Waals surface area contributed by atoms with Crippen molar-refractivity contribution in [3.05, 3.63) is 46.5 Å². The van der Waals surface area contributed by atoms with E-state index in [1.165, 1.54) is 11.1 Å². The van der Waals surface area contributed by atoms with E-state index in [2.05, 4.69) is 53.7 Å². The Balaban J connectivity index is 1.61. The van der Waals surface area contributed by atoms with Gasteiger partial charge in [0.15, 0.2) is 5.13 Å². The first-order chi connectivity index (χ1) is 9.72. The van der Waals surface area contributed by atoms with Crippen LogP contribution in [0.25, 0.3) is 0 Å². The van der Waals surface area contributed by atoms with E-state index in [1.54, 1.807) is 11.3 Å². The number of hydrogen-bond acceptors (Lipinski definition) is 4. The van der Waals surface area contributed by atoms with Gasteiger partial charge in [0.2, 0.25) is 0 Å². The van der Waals surface area contributed by atoms with E-state index in [1.807, 2.05) is 0 Å². The normalized spacial score (nSPS) is 14.1. The zero-order chi connectivity index (χ0) is 13.9. The van der Waals surface area contributed by atoms with Crippen LogP contribution in [0.2, 0.25) is 0 Å². The van der Waals surface area contributed by atoms with Gasteiger partial charge in [-0.3, -0.25) is 0 Å². The van der Waals surface area contributed by atoms with Gasteiger partial charge in [0.25, 0.3) is 0 Å². The van der Waals surface area contributed by atoms with Crippen molar-refractivity contribution in [1.82, 2.24) is 10.3 Å². The average molecular weight is 287 g/mol. The van der Waals surface area contributed by atoms with Gasteiger partial charge in [0.1, 0.15) is 0 Å². The smallest absolute Gasteiger partial charge is 0.186 e. The summed E-state index contributed by atoms with van der Waals surface area (Å²) in [5, 5.41) is 6.76. The van der Waals surface area contributed by atoms with Gasteiger partial charge in [-0.05, 0) is 23.6 Å². The van der Waals surface area contributed by atoms with Gasteiger partial charge in [-0.15, -0.1) is 11.3 Å². The van der Waals surface area contributed by atoms with Gasteiger partial charge >= 0.3 is 0 Å². The summed E-state index contributed by atoms with van der Waals surface area (Å²) in [6, 6.07) is 8.67. The minimum Gasteiger partial charge on any atom is -0.339 e. The summed E-state index contributed by atoms with van der Waals surface area (Å²) in [7, 11) is 0. The standard InChI is InChI=1S/C16H21N3S/c1-12(2)7-17-8-15-11-20-16(18-15)19-9-13-5-3-4-6-14(13)10-19/h3-6,11-12,17H,7-10H2,1-2H3. The lowest BCUT2D eigenvalue weighted by molar-refractivity contribution is 0.549. The zero-order valence-corrected chi connectivity index (χ0v) is 12.9. The van der Waals surface area contributed by atoms with Crippen LogP contribution in [0, 0.1) is 5.92 Å². The number of nitrogens with one attached hydrogen (secondary N) is 1. The molecule has 0 bridgehead atoms. The molecular formula is C16H21N3S. The minimum absolute atomic E-state index is 0.682. The summed E-state index contributed by atoms with van der Waals surface area (Å²) < 4.78 is 0. The number of hydrogen-bond donors (Lipinski definition) is 1. The second-order valence-electron chi connectivity index (χ2n) is 5.77. The number of benzene rings is 1. The summed E-state index contributed by atoms with van der Waals surface area (Å²) in [6.07, 6.45) is 0. The molecule has 0 saturated carbocycles. The summed E-state index contributed by atoms with van der Waals surface area (Å²) in [5.41, 5.74) is 4.02. The van der Waals surface area contributed by atoms with Crippen LogP contribution in [0.15, 0.2) is 29.6 Å². The molecule has 1 N–H and O–H groups in total. The van der Waals surface area contributed by atoms with Crippen molar-refractivity contribution < 1.29 is 0 Å². The highest BCUT2D eigenvalue weighted by atomic mass is 32.1. The van der Waals surface area contributed by atoms with Gasteiger partial charge in [-0.25, -0.2) is 4.98 Å². The lowest BCUT2D eigenvalue weighted by Gasteiger charge is -2.13. The topological polar surface area (TPSA) is 28.2 Å². The molecule has 0 saturated heterocycles. The highest BCUT2D eigenvalue weighted by molar-refractivity contribution is 7.13. The van der Waals surface area contributed by atoms with Crippen LogP contribution in [0.1, 0.15) is 30.7 Å². The summed E-state index contributed by atoms with van der Waals surface area (Å²) >= 11 is 1.75. The van der Waals surface area contributed by atoms with Crippen molar-refractivity contribution in [2.75, 3.05) is 11.4 Å². The van der Waals surface area contributed by atoms with Gasteiger partial charge < -0.3 is 10.2 Å². The van der Waals surface area contributed by atoms with Crippen molar-refractivity contribution in [2.45, 2.75) is 33.5 Å². The van der Waals surface area contributed by atoms with Crippen molar-refractivity contribution in [3.8, 4) is 0 Å². The van der Waals surface area contributed by atoms with Crippen molar-refractivity contribution >= 4 is 16.5 Å². The first-order valence-electron chi connectivity index (χ1n) is 7.19. The van der Waals surface area contributed by atoms with Crippen LogP contribution in [-0.2, 0) is 19.6 Å². The lowest BCUT2D eigenvalue weighted by Crippen LogP contribution is -2.19. The molecule has 0 spiro atoms. The van der Waals surface area contributed by atoms with Gasteiger partial charge in [-0.2, -0.15) is 0 Å². The van der Waals surface area contributed by atoms with Crippen LogP contribution < -0.4 is 10.2 Å². The van der Waals surface area contributed by atoms with Crippen LogP contribution >= 0.6 is 11.3 Å². The van der Waals surface area contributed by atoms with E-state index in [0.717, 1.165) is 37.0 Å². The Morgan fingerprint density at radius 1 is 1.25 bits per heavy atom. The molecule has 0 unspecified atom stereocenters. The molecular weight excluding hydrogens is 266 g/mol. The first kappa shape index (κ1) is 13.6. The van der Waals surface area contributed by atoms with E-state index in [9.17, 15) is 0 Å². The third kappa shape index (κ3) is 3.02. The molecule has 3 rings (SSSR count). The predicted molar refractivity (Wildman–Crippen MR) is 85.0 cm³/mol. The summed E-state index contributed by atoms with van der Waals surface area (Å²) in [5.74, 6) is 0.682. The molecule has 0 atom stereocenters. The molecule has 1 aromatic heterocycles. The van der Waals surface area contributed by atoms with Crippen molar-refractivity contribution in [2.24, 2.45) is 5.92 Å². The van der Waals surface area contributed by atoms with E-state index in [4.69, 9.17) is 4.98 Å². The van der Waals surface area contributed by atoms with Crippen LogP contribution in [0.5, 0.6) is 0 Å². The monoisotopic (exact) mass is 287 g/mol. The second-order valence-corrected chi connectivity index (χ2v) is 6.61. The number of rotatable bonds is 5. The Hall–Kier alpha value is -1.39. The Bertz CT molecular complexity index is 552. The minimum atomic E-state index is 0.682. The number of fused-ring (bicyclic) bond motifs is 1. The molecule has 2 aromatic rings. The third-order valence-electron chi connectivity index (χ3n) is 3.51. The molecule has 0 fully saturated rings. The predicted octanol–water partition coefficient (Wildman–Crippen LogP) is 3.41. The highest BCUT2D eigenvalue weighted by Gasteiger charge is 2.20. The van der Waals surface area contributed by atoms with Crippen LogP contribution in [0.3, 0.4) is 0 Å². The zero-order valence-electron chi connectivity index (χ0n) is 12.1. The van der Waals surface area contributed by atoms with E-state index in [-0.39, 0.29) is 0 Å². The van der Waals surface area contributed by atoms with E-state index >= 15 is 0 Å². The Kier molecular flexibility index (Phi) is 4.03. The fourth-order valence-electron chi connectivity index (χ4n) is 2.48. The molecule has 1 aliphatic rings. The average Bonchev–Trinajstić information content (AvgIpc) is 3.03. The maximum absolute atomic E-state index is 4.75. The maximum atomic E-state index is 4.75. The summed E-state index contributed by atoms with van der Waals surface area (Å²) in [4.78, 5) is 7.12. The molecule has 0 aliphatic carbocycles. The van der Waals surface area contributed by atoms with E-state index < -0.39 is 0 Å².